The van der Waals surface area contributed by atoms with E-state index >= 15 is 0 Å². The predicted octanol–water partition coefficient (Wildman–Crippen LogP) is 0.424. The molecular weight excluding hydrogens is 316 g/mol. The molecule has 0 unspecified atom stereocenters. The molecule has 0 aliphatic carbocycles. The van der Waals surface area contributed by atoms with Crippen LogP contribution in [0.25, 0.3) is 0 Å². The smallest absolute Gasteiger partial charge is 0.408 e. The molecule has 2 aliphatic rings. The summed E-state index contributed by atoms with van der Waals surface area (Å²) in [5.74, 6) is -0.980. The first-order valence-electron chi connectivity index (χ1n) is 8.18. The number of carbonyl (C=O) groups excluding carboxylic acids is 3. The largest absolute Gasteiger partial charge is 0.467 e. The van der Waals surface area contributed by atoms with Gasteiger partial charge in [0.1, 0.15) is 17.7 Å². The minimum Gasteiger partial charge on any atom is -0.467 e. The molecule has 0 radical (unpaired) electrons. The standard InChI is InChI=1S/C16H26N2O6/c1-16(2,3)24-15(22)17-10-5-6-11-9(8-19)7-12(14(21)23-4)18(11)13(10)20/h9-12,19H,5-8H2,1-4H3,(H,17,22)/t9-,10-,11-,12-/m0/s1. The van der Waals surface area contributed by atoms with Crippen LogP contribution in [-0.4, -0.2) is 65.4 Å². The SMILES string of the molecule is COC(=O)[C@@H]1C[C@@H](CO)[C@@H]2CC[C@H](NC(=O)OC(C)(C)C)C(=O)N12. The Morgan fingerprint density at radius 3 is 2.54 bits per heavy atom. The van der Waals surface area contributed by atoms with E-state index in [0.29, 0.717) is 19.3 Å². The minimum atomic E-state index is -0.735. The van der Waals surface area contributed by atoms with E-state index < -0.39 is 29.7 Å². The van der Waals surface area contributed by atoms with Crippen molar-refractivity contribution in [2.45, 2.75) is 63.8 Å². The van der Waals surface area contributed by atoms with Gasteiger partial charge in [-0.05, 0) is 40.0 Å². The lowest BCUT2D eigenvalue weighted by Crippen LogP contribution is -2.58. The summed E-state index contributed by atoms with van der Waals surface area (Å²) in [7, 11) is 1.27. The molecule has 2 amide bonds. The minimum absolute atomic E-state index is 0.0912. The van der Waals surface area contributed by atoms with Crippen molar-refractivity contribution < 1.29 is 29.0 Å². The fourth-order valence-corrected chi connectivity index (χ4v) is 3.47. The van der Waals surface area contributed by atoms with Gasteiger partial charge in [0.05, 0.1) is 7.11 Å². The third-order valence-corrected chi connectivity index (χ3v) is 4.47. The quantitative estimate of drug-likeness (QED) is 0.721. The fourth-order valence-electron chi connectivity index (χ4n) is 3.47. The highest BCUT2D eigenvalue weighted by Gasteiger charge is 2.51. The van der Waals surface area contributed by atoms with Crippen molar-refractivity contribution in [2.75, 3.05) is 13.7 Å². The lowest BCUT2D eigenvalue weighted by molar-refractivity contribution is -0.154. The maximum absolute atomic E-state index is 12.8. The molecule has 0 saturated carbocycles. The van der Waals surface area contributed by atoms with E-state index in [2.05, 4.69) is 5.32 Å². The first kappa shape index (κ1) is 18.5. The molecule has 2 N–H and O–H groups in total. The van der Waals surface area contributed by atoms with Gasteiger partial charge in [-0.2, -0.15) is 0 Å². The summed E-state index contributed by atoms with van der Waals surface area (Å²) in [4.78, 5) is 38.1. The molecule has 136 valence electrons. The summed E-state index contributed by atoms with van der Waals surface area (Å²) >= 11 is 0. The van der Waals surface area contributed by atoms with Gasteiger partial charge in [0.2, 0.25) is 5.91 Å². The topological polar surface area (TPSA) is 105 Å². The molecule has 0 spiro atoms. The van der Waals surface area contributed by atoms with Gasteiger partial charge in [0, 0.05) is 18.6 Å². The van der Waals surface area contributed by atoms with Crippen LogP contribution in [-0.2, 0) is 19.1 Å². The van der Waals surface area contributed by atoms with Crippen molar-refractivity contribution in [3.63, 3.8) is 0 Å². The monoisotopic (exact) mass is 342 g/mol. The highest BCUT2D eigenvalue weighted by atomic mass is 16.6. The summed E-state index contributed by atoms with van der Waals surface area (Å²) in [6.07, 6.45) is 0.764. The summed E-state index contributed by atoms with van der Waals surface area (Å²) in [5.41, 5.74) is -0.658. The van der Waals surface area contributed by atoms with Crippen molar-refractivity contribution in [1.82, 2.24) is 10.2 Å². The second-order valence-electron chi connectivity index (χ2n) is 7.31. The van der Waals surface area contributed by atoms with Gasteiger partial charge in [-0.3, -0.25) is 4.79 Å². The van der Waals surface area contributed by atoms with E-state index in [1.807, 2.05) is 0 Å². The number of methoxy groups -OCH3 is 1. The molecule has 2 rings (SSSR count). The van der Waals surface area contributed by atoms with Gasteiger partial charge in [0.25, 0.3) is 0 Å². The van der Waals surface area contributed by atoms with Crippen LogP contribution in [0.4, 0.5) is 4.79 Å². The fraction of sp³-hybridized carbons (Fsp3) is 0.812. The van der Waals surface area contributed by atoms with Crippen LogP contribution in [0.3, 0.4) is 0 Å². The number of aliphatic hydroxyl groups excluding tert-OH is 1. The molecule has 8 heteroatoms. The number of piperidine rings is 1. The highest BCUT2D eigenvalue weighted by molar-refractivity contribution is 5.91. The molecule has 0 aromatic rings. The number of nitrogens with one attached hydrogen (secondary N) is 1. The van der Waals surface area contributed by atoms with Crippen molar-refractivity contribution >= 4 is 18.0 Å². The number of alkyl carbamates (subject to hydrolysis) is 1. The first-order valence-corrected chi connectivity index (χ1v) is 8.18. The summed E-state index contributed by atoms with van der Waals surface area (Å²) < 4.78 is 9.97. The highest BCUT2D eigenvalue weighted by Crippen LogP contribution is 2.37. The molecule has 0 aromatic carbocycles. The van der Waals surface area contributed by atoms with Crippen molar-refractivity contribution in [2.24, 2.45) is 5.92 Å². The Morgan fingerprint density at radius 1 is 1.33 bits per heavy atom. The summed E-state index contributed by atoms with van der Waals surface area (Å²) in [6, 6.07) is -1.66. The Bertz CT molecular complexity index is 515. The Morgan fingerprint density at radius 2 is 2.00 bits per heavy atom. The average Bonchev–Trinajstić information content (AvgIpc) is 2.87. The van der Waals surface area contributed by atoms with Crippen LogP contribution in [0.15, 0.2) is 0 Å². The van der Waals surface area contributed by atoms with Gasteiger partial charge >= 0.3 is 12.1 Å². The number of hydrogen-bond acceptors (Lipinski definition) is 6. The van der Waals surface area contributed by atoms with Crippen molar-refractivity contribution in [1.29, 1.82) is 0 Å². The van der Waals surface area contributed by atoms with Crippen molar-refractivity contribution in [3.8, 4) is 0 Å². The van der Waals surface area contributed by atoms with E-state index in [4.69, 9.17) is 9.47 Å². The summed E-state index contributed by atoms with van der Waals surface area (Å²) in [6.45, 7) is 5.13. The Kier molecular flexibility index (Phi) is 5.37. The van der Waals surface area contributed by atoms with E-state index in [9.17, 15) is 19.5 Å². The number of aliphatic hydroxyl groups is 1. The Labute approximate surface area is 141 Å². The lowest BCUT2D eigenvalue weighted by atomic mass is 9.91. The number of nitrogens with zero attached hydrogens (tertiary/aromatic N) is 1. The summed E-state index contributed by atoms with van der Waals surface area (Å²) in [5, 5.41) is 12.1. The molecule has 2 fully saturated rings. The maximum atomic E-state index is 12.8. The first-order chi connectivity index (χ1) is 11.2. The number of fused-ring (bicyclic) bond motifs is 1. The molecule has 2 aliphatic heterocycles. The van der Waals surface area contributed by atoms with Crippen LogP contribution in [0.1, 0.15) is 40.0 Å². The number of hydrogen-bond donors (Lipinski definition) is 2. The third kappa shape index (κ3) is 3.80. The van der Waals surface area contributed by atoms with Crippen LogP contribution in [0.2, 0.25) is 0 Å². The van der Waals surface area contributed by atoms with E-state index in [0.717, 1.165) is 0 Å². The molecule has 0 bridgehead atoms. The molecule has 2 saturated heterocycles. The number of amides is 2. The second-order valence-corrected chi connectivity index (χ2v) is 7.31. The zero-order chi connectivity index (χ0) is 18.1. The molecule has 24 heavy (non-hydrogen) atoms. The van der Waals surface area contributed by atoms with Gasteiger partial charge in [-0.15, -0.1) is 0 Å². The predicted molar refractivity (Wildman–Crippen MR) is 84.0 cm³/mol. The maximum Gasteiger partial charge on any atom is 0.408 e. The van der Waals surface area contributed by atoms with E-state index in [1.54, 1.807) is 20.8 Å². The number of ether oxygens (including phenoxy) is 2. The van der Waals surface area contributed by atoms with Gasteiger partial charge in [-0.25, -0.2) is 9.59 Å². The number of rotatable bonds is 3. The third-order valence-electron chi connectivity index (χ3n) is 4.47. The van der Waals surface area contributed by atoms with E-state index in [1.165, 1.54) is 12.0 Å². The van der Waals surface area contributed by atoms with Gasteiger partial charge in [-0.1, -0.05) is 0 Å². The lowest BCUT2D eigenvalue weighted by Gasteiger charge is -2.38. The molecular formula is C16H26N2O6. The zero-order valence-electron chi connectivity index (χ0n) is 14.6. The molecule has 8 nitrogen and oxygen atoms in total. The normalized spacial score (nSPS) is 29.9. The van der Waals surface area contributed by atoms with Crippen molar-refractivity contribution in [3.05, 3.63) is 0 Å². The second kappa shape index (κ2) is 6.96. The Balaban J connectivity index is 2.11. The van der Waals surface area contributed by atoms with Crippen LogP contribution in [0, 0.1) is 5.92 Å². The average molecular weight is 342 g/mol. The van der Waals surface area contributed by atoms with Crippen LogP contribution in [0.5, 0.6) is 0 Å². The zero-order valence-corrected chi connectivity index (χ0v) is 14.6. The van der Waals surface area contributed by atoms with Crippen LogP contribution >= 0.6 is 0 Å². The van der Waals surface area contributed by atoms with Crippen LogP contribution < -0.4 is 5.32 Å². The number of esters is 1. The Hall–Kier alpha value is -1.83. The van der Waals surface area contributed by atoms with E-state index in [-0.39, 0.29) is 24.5 Å². The molecule has 2 heterocycles. The molecule has 0 aromatic heterocycles. The van der Waals surface area contributed by atoms with Gasteiger partial charge in [0.15, 0.2) is 0 Å². The molecule has 4 atom stereocenters. The number of carbonyl (C=O) groups is 3. The van der Waals surface area contributed by atoms with Gasteiger partial charge < -0.3 is 24.8 Å².